The fraction of sp³-hybridized carbons (Fsp3) is 0.867. The number of nitrogens with zero attached hydrogens (tertiary/aromatic N) is 3. The van der Waals surface area contributed by atoms with Crippen molar-refractivity contribution in [3.63, 3.8) is 0 Å². The number of rotatable bonds is 5. The Balaban J connectivity index is 1.89. The zero-order valence-corrected chi connectivity index (χ0v) is 13.1. The number of urea groups is 1. The first-order valence-electron chi connectivity index (χ1n) is 8.00. The largest absolute Gasteiger partial charge is 0.481 e. The van der Waals surface area contributed by atoms with E-state index in [2.05, 4.69) is 4.90 Å². The van der Waals surface area contributed by atoms with Gasteiger partial charge in [-0.25, -0.2) is 4.79 Å². The summed E-state index contributed by atoms with van der Waals surface area (Å²) in [5, 5.41) is 8.74. The second-order valence-corrected chi connectivity index (χ2v) is 6.35. The summed E-state index contributed by atoms with van der Waals surface area (Å²) in [5.41, 5.74) is 0. The molecule has 1 unspecified atom stereocenters. The molecule has 2 fully saturated rings. The maximum absolute atomic E-state index is 12.7. The van der Waals surface area contributed by atoms with E-state index < -0.39 is 5.97 Å². The van der Waals surface area contributed by atoms with E-state index in [-0.39, 0.29) is 18.5 Å². The fourth-order valence-corrected chi connectivity index (χ4v) is 3.32. The third-order valence-corrected chi connectivity index (χ3v) is 4.52. The highest BCUT2D eigenvalue weighted by molar-refractivity contribution is 5.75. The van der Waals surface area contributed by atoms with Crippen LogP contribution >= 0.6 is 0 Å². The lowest BCUT2D eigenvalue weighted by Gasteiger charge is -2.40. The lowest BCUT2D eigenvalue weighted by Crippen LogP contribution is -2.56. The van der Waals surface area contributed by atoms with Gasteiger partial charge < -0.3 is 14.9 Å². The Kier molecular flexibility index (Phi) is 5.45. The topological polar surface area (TPSA) is 64.1 Å². The van der Waals surface area contributed by atoms with Crippen molar-refractivity contribution in [2.24, 2.45) is 0 Å². The molecule has 1 atom stereocenters. The molecule has 2 rings (SSSR count). The van der Waals surface area contributed by atoms with Gasteiger partial charge in [0.25, 0.3) is 0 Å². The molecule has 120 valence electrons. The average Bonchev–Trinajstić information content (AvgIpc) is 2.89. The quantitative estimate of drug-likeness (QED) is 0.834. The molecular formula is C15H27N3O3. The molecule has 0 spiro atoms. The Labute approximate surface area is 126 Å². The van der Waals surface area contributed by atoms with Crippen LogP contribution < -0.4 is 0 Å². The summed E-state index contributed by atoms with van der Waals surface area (Å²) in [7, 11) is 0. The van der Waals surface area contributed by atoms with Crippen molar-refractivity contribution in [1.82, 2.24) is 14.7 Å². The van der Waals surface area contributed by atoms with E-state index in [0.29, 0.717) is 19.0 Å². The summed E-state index contributed by atoms with van der Waals surface area (Å²) in [5.74, 6) is -0.800. The van der Waals surface area contributed by atoms with Crippen LogP contribution in [0.4, 0.5) is 4.79 Å². The maximum Gasteiger partial charge on any atom is 0.320 e. The van der Waals surface area contributed by atoms with Crippen LogP contribution in [0, 0.1) is 0 Å². The van der Waals surface area contributed by atoms with E-state index in [4.69, 9.17) is 5.11 Å². The van der Waals surface area contributed by atoms with Gasteiger partial charge in [-0.2, -0.15) is 0 Å². The van der Waals surface area contributed by atoms with Gasteiger partial charge in [0.1, 0.15) is 0 Å². The number of amides is 2. The zero-order chi connectivity index (χ0) is 15.4. The smallest absolute Gasteiger partial charge is 0.320 e. The molecule has 0 aromatic carbocycles. The first-order valence-corrected chi connectivity index (χ1v) is 8.00. The molecule has 2 heterocycles. The van der Waals surface area contributed by atoms with E-state index in [1.165, 1.54) is 19.4 Å². The van der Waals surface area contributed by atoms with Gasteiger partial charge >= 0.3 is 12.0 Å². The van der Waals surface area contributed by atoms with Crippen molar-refractivity contribution in [3.8, 4) is 0 Å². The van der Waals surface area contributed by atoms with Gasteiger partial charge in [-0.15, -0.1) is 0 Å². The van der Waals surface area contributed by atoms with Gasteiger partial charge in [-0.3, -0.25) is 9.69 Å². The van der Waals surface area contributed by atoms with Crippen LogP contribution in [0.1, 0.15) is 39.5 Å². The lowest BCUT2D eigenvalue weighted by molar-refractivity contribution is -0.137. The van der Waals surface area contributed by atoms with Crippen LogP contribution in [0.2, 0.25) is 0 Å². The highest BCUT2D eigenvalue weighted by Crippen LogP contribution is 2.22. The standard InChI is InChI=1S/C15H27N3O3/c1-12(2)18(8-4-6-14(19)20)15(21)17-10-9-16-7-3-5-13(16)11-17/h12-13H,3-11H2,1-2H3,(H,19,20). The highest BCUT2D eigenvalue weighted by Gasteiger charge is 2.34. The van der Waals surface area contributed by atoms with Gasteiger partial charge in [0.2, 0.25) is 0 Å². The van der Waals surface area contributed by atoms with E-state index in [1.54, 1.807) is 0 Å². The molecule has 0 saturated carbocycles. The predicted molar refractivity (Wildman–Crippen MR) is 80.3 cm³/mol. The molecule has 0 bridgehead atoms. The SMILES string of the molecule is CC(C)N(CCCC(=O)O)C(=O)N1CCN2CCCC2C1. The molecule has 0 aromatic rings. The number of piperazine rings is 1. The maximum atomic E-state index is 12.7. The van der Waals surface area contributed by atoms with Gasteiger partial charge in [0.15, 0.2) is 0 Å². The molecular weight excluding hydrogens is 270 g/mol. The first-order chi connectivity index (χ1) is 9.99. The Morgan fingerprint density at radius 1 is 1.29 bits per heavy atom. The third-order valence-electron chi connectivity index (χ3n) is 4.52. The fourth-order valence-electron chi connectivity index (χ4n) is 3.32. The Bertz CT molecular complexity index is 386. The van der Waals surface area contributed by atoms with Crippen LogP contribution in [-0.4, -0.2) is 76.6 Å². The molecule has 2 saturated heterocycles. The molecule has 0 aliphatic carbocycles. The normalized spacial score (nSPS) is 22.4. The zero-order valence-electron chi connectivity index (χ0n) is 13.1. The van der Waals surface area contributed by atoms with Crippen molar-refractivity contribution in [1.29, 1.82) is 0 Å². The predicted octanol–water partition coefficient (Wildman–Crippen LogP) is 1.46. The van der Waals surface area contributed by atoms with Gasteiger partial charge in [-0.1, -0.05) is 0 Å². The minimum absolute atomic E-state index is 0.0712. The average molecular weight is 297 g/mol. The molecule has 0 radical (unpaired) electrons. The molecule has 2 aliphatic rings. The number of hydrogen-bond acceptors (Lipinski definition) is 3. The highest BCUT2D eigenvalue weighted by atomic mass is 16.4. The molecule has 6 nitrogen and oxygen atoms in total. The number of carboxylic acids is 1. The summed E-state index contributed by atoms with van der Waals surface area (Å²) >= 11 is 0. The van der Waals surface area contributed by atoms with Gasteiger partial charge in [0.05, 0.1) is 0 Å². The van der Waals surface area contributed by atoms with E-state index in [1.807, 2.05) is 23.6 Å². The summed E-state index contributed by atoms with van der Waals surface area (Å²) in [6.07, 6.45) is 3.05. The number of hydrogen-bond donors (Lipinski definition) is 1. The van der Waals surface area contributed by atoms with Gasteiger partial charge in [0, 0.05) is 44.7 Å². The van der Waals surface area contributed by atoms with Crippen molar-refractivity contribution in [2.75, 3.05) is 32.7 Å². The number of carbonyl (C=O) groups is 2. The van der Waals surface area contributed by atoms with Gasteiger partial charge in [-0.05, 0) is 39.7 Å². The van der Waals surface area contributed by atoms with Crippen LogP contribution in [0.5, 0.6) is 0 Å². The van der Waals surface area contributed by atoms with E-state index >= 15 is 0 Å². The Morgan fingerprint density at radius 3 is 2.71 bits per heavy atom. The van der Waals surface area contributed by atoms with E-state index in [9.17, 15) is 9.59 Å². The number of carbonyl (C=O) groups excluding carboxylic acids is 1. The van der Waals surface area contributed by atoms with Crippen LogP contribution in [0.15, 0.2) is 0 Å². The molecule has 0 aromatic heterocycles. The second-order valence-electron chi connectivity index (χ2n) is 6.35. The minimum atomic E-state index is -0.800. The first kappa shape index (κ1) is 16.1. The van der Waals surface area contributed by atoms with Crippen molar-refractivity contribution >= 4 is 12.0 Å². The molecule has 1 N–H and O–H groups in total. The van der Waals surface area contributed by atoms with Crippen LogP contribution in [0.3, 0.4) is 0 Å². The third kappa shape index (κ3) is 4.09. The summed E-state index contributed by atoms with van der Waals surface area (Å²) in [4.78, 5) is 29.6. The Morgan fingerprint density at radius 2 is 2.05 bits per heavy atom. The van der Waals surface area contributed by atoms with Crippen LogP contribution in [-0.2, 0) is 4.79 Å². The summed E-state index contributed by atoms with van der Waals surface area (Å²) < 4.78 is 0. The van der Waals surface area contributed by atoms with Crippen molar-refractivity contribution in [2.45, 2.75) is 51.6 Å². The Hall–Kier alpha value is -1.30. The van der Waals surface area contributed by atoms with E-state index in [0.717, 1.165) is 19.6 Å². The molecule has 6 heteroatoms. The minimum Gasteiger partial charge on any atom is -0.481 e. The van der Waals surface area contributed by atoms with Crippen molar-refractivity contribution in [3.05, 3.63) is 0 Å². The summed E-state index contributed by atoms with van der Waals surface area (Å²) in [6.45, 7) is 8.25. The van der Waals surface area contributed by atoms with Crippen LogP contribution in [0.25, 0.3) is 0 Å². The molecule has 2 amide bonds. The molecule has 2 aliphatic heterocycles. The monoisotopic (exact) mass is 297 g/mol. The number of aliphatic carboxylic acids is 1. The summed E-state index contributed by atoms with van der Waals surface area (Å²) in [6, 6.07) is 0.700. The number of carboxylic acid groups (broad SMARTS) is 1. The number of fused-ring (bicyclic) bond motifs is 1. The van der Waals surface area contributed by atoms with Crippen molar-refractivity contribution < 1.29 is 14.7 Å². The molecule has 21 heavy (non-hydrogen) atoms. The second kappa shape index (κ2) is 7.11. The lowest BCUT2D eigenvalue weighted by atomic mass is 10.1.